The topological polar surface area (TPSA) is 61.4 Å². The number of hydrogen-bond acceptors (Lipinski definition) is 4. The Hall–Kier alpha value is -0.170. The monoisotopic (exact) mass is 233 g/mol. The molecule has 2 rings (SSSR count). The highest BCUT2D eigenvalue weighted by atomic mass is 32.2. The van der Waals surface area contributed by atoms with Gasteiger partial charge in [-0.25, -0.2) is 8.42 Å². The van der Waals surface area contributed by atoms with Gasteiger partial charge in [-0.15, -0.1) is 0 Å². The van der Waals surface area contributed by atoms with Crippen molar-refractivity contribution in [2.75, 3.05) is 26.2 Å². The van der Waals surface area contributed by atoms with Gasteiger partial charge < -0.3 is 10.6 Å². The molecule has 88 valence electrons. The molecule has 5 nitrogen and oxygen atoms in total. The zero-order chi connectivity index (χ0) is 10.9. The van der Waals surface area contributed by atoms with Crippen molar-refractivity contribution in [1.82, 2.24) is 14.9 Å². The Bertz CT molecular complexity index is 311. The van der Waals surface area contributed by atoms with Crippen molar-refractivity contribution in [3.05, 3.63) is 0 Å². The highest BCUT2D eigenvalue weighted by Crippen LogP contribution is 2.18. The molecular formula is C9H19N3O2S. The second-order valence-corrected chi connectivity index (χ2v) is 6.59. The Kier molecular flexibility index (Phi) is 3.30. The fraction of sp³-hybridized carbons (Fsp3) is 1.00. The van der Waals surface area contributed by atoms with Gasteiger partial charge in [-0.3, -0.25) is 0 Å². The van der Waals surface area contributed by atoms with Crippen molar-refractivity contribution in [2.24, 2.45) is 0 Å². The molecule has 0 bridgehead atoms. The van der Waals surface area contributed by atoms with E-state index in [0.717, 1.165) is 25.9 Å². The van der Waals surface area contributed by atoms with Crippen molar-refractivity contribution < 1.29 is 8.42 Å². The third-order valence-corrected chi connectivity index (χ3v) is 5.43. The van der Waals surface area contributed by atoms with E-state index in [4.69, 9.17) is 0 Å². The van der Waals surface area contributed by atoms with E-state index in [-0.39, 0.29) is 11.4 Å². The van der Waals surface area contributed by atoms with Crippen LogP contribution in [0.1, 0.15) is 19.8 Å². The van der Waals surface area contributed by atoms with Crippen LogP contribution < -0.4 is 10.6 Å². The molecule has 0 radical (unpaired) electrons. The van der Waals surface area contributed by atoms with Gasteiger partial charge in [0, 0.05) is 19.6 Å². The van der Waals surface area contributed by atoms with E-state index in [1.807, 2.05) is 0 Å². The van der Waals surface area contributed by atoms with E-state index < -0.39 is 10.0 Å². The summed E-state index contributed by atoms with van der Waals surface area (Å²) < 4.78 is 26.0. The normalized spacial score (nSPS) is 37.7. The first-order chi connectivity index (χ1) is 7.12. The summed E-state index contributed by atoms with van der Waals surface area (Å²) in [5.41, 5.74) is 0. The second-order valence-electron chi connectivity index (χ2n) is 4.28. The number of hydrogen-bond donors (Lipinski definition) is 2. The van der Waals surface area contributed by atoms with Crippen LogP contribution in [0.4, 0.5) is 0 Å². The molecule has 0 saturated carbocycles. The molecule has 2 unspecified atom stereocenters. The molecule has 2 heterocycles. The van der Waals surface area contributed by atoms with Gasteiger partial charge in [0.15, 0.2) is 0 Å². The maximum Gasteiger partial charge on any atom is 0.219 e. The summed E-state index contributed by atoms with van der Waals surface area (Å²) in [6, 6.07) is 0. The van der Waals surface area contributed by atoms with Crippen LogP contribution in [0.5, 0.6) is 0 Å². The fourth-order valence-electron chi connectivity index (χ4n) is 2.20. The molecule has 2 atom stereocenters. The van der Waals surface area contributed by atoms with Gasteiger partial charge in [-0.05, 0) is 26.3 Å². The largest absolute Gasteiger partial charge is 0.314 e. The highest BCUT2D eigenvalue weighted by molar-refractivity contribution is 7.89. The van der Waals surface area contributed by atoms with Crippen LogP contribution in [-0.4, -0.2) is 50.3 Å². The summed E-state index contributed by atoms with van der Waals surface area (Å²) in [4.78, 5) is 0. The van der Waals surface area contributed by atoms with Gasteiger partial charge in [0.2, 0.25) is 10.0 Å². The predicted molar refractivity (Wildman–Crippen MR) is 59.0 cm³/mol. The van der Waals surface area contributed by atoms with Gasteiger partial charge >= 0.3 is 0 Å². The SMILES string of the molecule is CC1CNCCN(C2CCCN2)S1(=O)=O. The van der Waals surface area contributed by atoms with Crippen molar-refractivity contribution >= 4 is 10.0 Å². The lowest BCUT2D eigenvalue weighted by Crippen LogP contribution is -2.48. The van der Waals surface area contributed by atoms with Crippen LogP contribution in [0.3, 0.4) is 0 Å². The summed E-state index contributed by atoms with van der Waals surface area (Å²) in [6.07, 6.45) is 2.03. The fourth-order valence-corrected chi connectivity index (χ4v) is 3.87. The minimum atomic E-state index is -3.11. The summed E-state index contributed by atoms with van der Waals surface area (Å²) in [5, 5.41) is 6.09. The molecule has 2 aliphatic heterocycles. The van der Waals surface area contributed by atoms with E-state index in [9.17, 15) is 8.42 Å². The minimum Gasteiger partial charge on any atom is -0.314 e. The molecule has 2 aliphatic rings. The van der Waals surface area contributed by atoms with Crippen molar-refractivity contribution in [3.63, 3.8) is 0 Å². The minimum absolute atomic E-state index is 0.0253. The van der Waals surface area contributed by atoms with Crippen LogP contribution in [0.2, 0.25) is 0 Å². The van der Waals surface area contributed by atoms with E-state index in [0.29, 0.717) is 13.1 Å². The Labute approximate surface area is 91.3 Å². The average Bonchev–Trinajstić information content (AvgIpc) is 2.65. The van der Waals surface area contributed by atoms with Crippen LogP contribution in [0.25, 0.3) is 0 Å². The summed E-state index contributed by atoms with van der Waals surface area (Å²) >= 11 is 0. The molecule has 0 aromatic heterocycles. The summed E-state index contributed by atoms with van der Waals surface area (Å²) in [6.45, 7) is 4.60. The maximum absolute atomic E-state index is 12.2. The molecule has 0 aromatic rings. The Balaban J connectivity index is 2.19. The van der Waals surface area contributed by atoms with Gasteiger partial charge in [0.05, 0.1) is 11.4 Å². The molecule has 0 amide bonds. The lowest BCUT2D eigenvalue weighted by atomic mass is 10.3. The van der Waals surface area contributed by atoms with Crippen LogP contribution in [0.15, 0.2) is 0 Å². The third kappa shape index (κ3) is 2.18. The molecule has 0 aromatic carbocycles. The smallest absolute Gasteiger partial charge is 0.219 e. The maximum atomic E-state index is 12.2. The zero-order valence-electron chi connectivity index (χ0n) is 9.07. The van der Waals surface area contributed by atoms with E-state index in [1.165, 1.54) is 0 Å². The number of nitrogens with zero attached hydrogens (tertiary/aromatic N) is 1. The molecule has 15 heavy (non-hydrogen) atoms. The number of sulfonamides is 1. The van der Waals surface area contributed by atoms with E-state index >= 15 is 0 Å². The molecule has 2 saturated heterocycles. The molecule has 2 fully saturated rings. The summed E-state index contributed by atoms with van der Waals surface area (Å²) in [7, 11) is -3.11. The molecule has 2 N–H and O–H groups in total. The van der Waals surface area contributed by atoms with Gasteiger partial charge in [0.1, 0.15) is 0 Å². The summed E-state index contributed by atoms with van der Waals surface area (Å²) in [5.74, 6) is 0. The first-order valence-electron chi connectivity index (χ1n) is 5.57. The molecule has 0 spiro atoms. The van der Waals surface area contributed by atoms with Gasteiger partial charge in [-0.1, -0.05) is 0 Å². The lowest BCUT2D eigenvalue weighted by molar-refractivity contribution is 0.305. The quantitative estimate of drug-likeness (QED) is 0.630. The zero-order valence-corrected chi connectivity index (χ0v) is 9.89. The first-order valence-corrected chi connectivity index (χ1v) is 7.07. The number of rotatable bonds is 1. The highest BCUT2D eigenvalue weighted by Gasteiger charge is 2.36. The molecule has 6 heteroatoms. The van der Waals surface area contributed by atoms with E-state index in [2.05, 4.69) is 10.6 Å². The van der Waals surface area contributed by atoms with Crippen LogP contribution in [0, 0.1) is 0 Å². The predicted octanol–water partition coefficient (Wildman–Crippen LogP) is -0.681. The Morgan fingerprint density at radius 2 is 2.13 bits per heavy atom. The lowest BCUT2D eigenvalue weighted by Gasteiger charge is -2.28. The molecular weight excluding hydrogens is 214 g/mol. The van der Waals surface area contributed by atoms with Crippen molar-refractivity contribution in [2.45, 2.75) is 31.2 Å². The third-order valence-electron chi connectivity index (χ3n) is 3.16. The van der Waals surface area contributed by atoms with Gasteiger partial charge in [0.25, 0.3) is 0 Å². The van der Waals surface area contributed by atoms with Gasteiger partial charge in [-0.2, -0.15) is 4.31 Å². The van der Waals surface area contributed by atoms with Crippen LogP contribution in [-0.2, 0) is 10.0 Å². The van der Waals surface area contributed by atoms with Crippen molar-refractivity contribution in [1.29, 1.82) is 0 Å². The Morgan fingerprint density at radius 1 is 1.33 bits per heavy atom. The van der Waals surface area contributed by atoms with E-state index in [1.54, 1.807) is 11.2 Å². The first kappa shape index (κ1) is 11.3. The average molecular weight is 233 g/mol. The standard InChI is InChI=1S/C9H19N3O2S/c1-8-7-10-5-6-12(15(8,13)14)9-3-2-4-11-9/h8-11H,2-7H2,1H3. The van der Waals surface area contributed by atoms with Crippen molar-refractivity contribution in [3.8, 4) is 0 Å². The molecule has 0 aliphatic carbocycles. The number of nitrogens with one attached hydrogen (secondary N) is 2. The van der Waals surface area contributed by atoms with Crippen LogP contribution >= 0.6 is 0 Å². The Morgan fingerprint density at radius 3 is 2.80 bits per heavy atom. The second kappa shape index (κ2) is 4.37.